The van der Waals surface area contributed by atoms with Gasteiger partial charge in [0.15, 0.2) is 27.1 Å². The van der Waals surface area contributed by atoms with Gasteiger partial charge in [-0.25, -0.2) is 8.42 Å². The zero-order valence-electron chi connectivity index (χ0n) is 9.80. The largest absolute Gasteiger partial charge is 0.486 e. The lowest BCUT2D eigenvalue weighted by Gasteiger charge is -2.25. The summed E-state index contributed by atoms with van der Waals surface area (Å²) in [7, 11) is -3.44. The van der Waals surface area contributed by atoms with Crippen molar-refractivity contribution in [1.82, 2.24) is 0 Å². The Morgan fingerprint density at radius 3 is 2.44 bits per heavy atom. The molecule has 0 radical (unpaired) electrons. The maximum Gasteiger partial charge on any atom is 0.182 e. The Kier molecular flexibility index (Phi) is 2.38. The summed E-state index contributed by atoms with van der Waals surface area (Å²) >= 11 is 0. The van der Waals surface area contributed by atoms with Gasteiger partial charge in [-0.3, -0.25) is 4.79 Å². The number of fused-ring (bicyclic) bond motifs is 2. The minimum absolute atomic E-state index is 0.0228. The van der Waals surface area contributed by atoms with Crippen LogP contribution in [0.15, 0.2) is 17.0 Å². The number of sulfone groups is 1. The molecule has 0 amide bonds. The average molecular weight is 268 g/mol. The molecule has 2 aliphatic heterocycles. The van der Waals surface area contributed by atoms with Gasteiger partial charge in [-0.1, -0.05) is 0 Å². The van der Waals surface area contributed by atoms with Gasteiger partial charge < -0.3 is 9.47 Å². The van der Waals surface area contributed by atoms with Gasteiger partial charge in [-0.05, 0) is 13.0 Å². The van der Waals surface area contributed by atoms with E-state index >= 15 is 0 Å². The van der Waals surface area contributed by atoms with Crippen molar-refractivity contribution in [2.24, 2.45) is 0 Å². The first-order chi connectivity index (χ1) is 8.50. The number of carbonyl (C=O) groups excluding carboxylic acids is 1. The molecule has 0 bridgehead atoms. The lowest BCUT2D eigenvalue weighted by Crippen LogP contribution is -2.29. The van der Waals surface area contributed by atoms with E-state index in [0.717, 1.165) is 0 Å². The van der Waals surface area contributed by atoms with Crippen molar-refractivity contribution in [3.63, 3.8) is 0 Å². The van der Waals surface area contributed by atoms with Crippen molar-refractivity contribution in [2.75, 3.05) is 13.2 Å². The SMILES string of the molecule is CC1CC(=O)c2cc3c(cc2S1(=O)=O)OCCO3. The summed E-state index contributed by atoms with van der Waals surface area (Å²) in [6.45, 7) is 2.34. The van der Waals surface area contributed by atoms with Gasteiger partial charge in [0, 0.05) is 18.1 Å². The molecule has 96 valence electrons. The van der Waals surface area contributed by atoms with Gasteiger partial charge >= 0.3 is 0 Å². The molecule has 2 aliphatic rings. The summed E-state index contributed by atoms with van der Waals surface area (Å²) < 4.78 is 35.1. The van der Waals surface area contributed by atoms with Crippen LogP contribution < -0.4 is 9.47 Å². The van der Waals surface area contributed by atoms with Crippen LogP contribution in [0, 0.1) is 0 Å². The quantitative estimate of drug-likeness (QED) is 0.707. The second-order valence-electron chi connectivity index (χ2n) is 4.47. The average Bonchev–Trinajstić information content (AvgIpc) is 2.35. The second-order valence-corrected chi connectivity index (χ2v) is 6.81. The van der Waals surface area contributed by atoms with Crippen LogP contribution in [-0.4, -0.2) is 32.7 Å². The van der Waals surface area contributed by atoms with Crippen molar-refractivity contribution in [3.05, 3.63) is 17.7 Å². The fourth-order valence-electron chi connectivity index (χ4n) is 2.22. The molecule has 0 fully saturated rings. The highest BCUT2D eigenvalue weighted by molar-refractivity contribution is 7.92. The van der Waals surface area contributed by atoms with Crippen LogP contribution in [-0.2, 0) is 9.84 Å². The van der Waals surface area contributed by atoms with Crippen LogP contribution >= 0.6 is 0 Å². The lowest BCUT2D eigenvalue weighted by molar-refractivity contribution is 0.0974. The van der Waals surface area contributed by atoms with E-state index in [9.17, 15) is 13.2 Å². The number of ketones is 1. The Morgan fingerprint density at radius 1 is 1.17 bits per heavy atom. The number of rotatable bonds is 0. The van der Waals surface area contributed by atoms with Crippen LogP contribution in [0.25, 0.3) is 0 Å². The van der Waals surface area contributed by atoms with Gasteiger partial charge in [0.25, 0.3) is 0 Å². The fraction of sp³-hybridized carbons (Fsp3) is 0.417. The predicted molar refractivity (Wildman–Crippen MR) is 63.0 cm³/mol. The molecule has 5 nitrogen and oxygen atoms in total. The van der Waals surface area contributed by atoms with Crippen LogP contribution in [0.3, 0.4) is 0 Å². The molecule has 0 saturated heterocycles. The molecule has 0 aromatic heterocycles. The summed E-state index contributed by atoms with van der Waals surface area (Å²) in [5.41, 5.74) is 0.220. The molecule has 2 heterocycles. The molecule has 0 N–H and O–H groups in total. The van der Waals surface area contributed by atoms with Crippen molar-refractivity contribution in [1.29, 1.82) is 0 Å². The molecular weight excluding hydrogens is 256 g/mol. The van der Waals surface area contributed by atoms with E-state index in [-0.39, 0.29) is 22.7 Å². The van der Waals surface area contributed by atoms with E-state index in [0.29, 0.717) is 24.7 Å². The van der Waals surface area contributed by atoms with Gasteiger partial charge in [0.1, 0.15) is 13.2 Å². The molecule has 0 saturated carbocycles. The highest BCUT2D eigenvalue weighted by Gasteiger charge is 2.37. The molecule has 1 aromatic rings. The third-order valence-corrected chi connectivity index (χ3v) is 5.43. The van der Waals surface area contributed by atoms with Gasteiger partial charge in [0.05, 0.1) is 10.1 Å². The Hall–Kier alpha value is -1.56. The zero-order chi connectivity index (χ0) is 12.9. The van der Waals surface area contributed by atoms with Crippen molar-refractivity contribution in [3.8, 4) is 11.5 Å². The molecule has 6 heteroatoms. The molecular formula is C12H12O5S. The van der Waals surface area contributed by atoms with E-state index in [1.54, 1.807) is 6.92 Å². The molecule has 3 rings (SSSR count). The summed E-state index contributed by atoms with van der Waals surface area (Å²) in [6.07, 6.45) is 0.0228. The number of Topliss-reactive ketones (excluding diaryl/α,β-unsaturated/α-hetero) is 1. The van der Waals surface area contributed by atoms with Crippen molar-refractivity contribution in [2.45, 2.75) is 23.5 Å². The van der Waals surface area contributed by atoms with Gasteiger partial charge in [-0.2, -0.15) is 0 Å². The smallest absolute Gasteiger partial charge is 0.182 e. The highest BCUT2D eigenvalue weighted by Crippen LogP contribution is 2.39. The molecule has 0 spiro atoms. The molecule has 18 heavy (non-hydrogen) atoms. The zero-order valence-corrected chi connectivity index (χ0v) is 10.6. The second kappa shape index (κ2) is 3.71. The number of carbonyl (C=O) groups is 1. The Bertz CT molecular complexity index is 632. The lowest BCUT2D eigenvalue weighted by atomic mass is 10.1. The molecule has 1 unspecified atom stereocenters. The van der Waals surface area contributed by atoms with E-state index in [1.165, 1.54) is 12.1 Å². The number of hydrogen-bond acceptors (Lipinski definition) is 5. The minimum atomic E-state index is -3.44. The van der Waals surface area contributed by atoms with Crippen LogP contribution in [0.4, 0.5) is 0 Å². The third-order valence-electron chi connectivity index (χ3n) is 3.25. The monoisotopic (exact) mass is 268 g/mol. The highest BCUT2D eigenvalue weighted by atomic mass is 32.2. The molecule has 0 aliphatic carbocycles. The standard InChI is InChI=1S/C12H12O5S/c1-7-4-9(13)8-5-10-11(17-3-2-16-10)6-12(8)18(7,14)15/h5-7H,2-4H2,1H3. The minimum Gasteiger partial charge on any atom is -0.486 e. The van der Waals surface area contributed by atoms with Crippen LogP contribution in [0.2, 0.25) is 0 Å². The van der Waals surface area contributed by atoms with Crippen molar-refractivity contribution >= 4 is 15.6 Å². The topological polar surface area (TPSA) is 69.7 Å². The van der Waals surface area contributed by atoms with Gasteiger partial charge in [-0.15, -0.1) is 0 Å². The molecule has 1 atom stereocenters. The maximum atomic E-state index is 12.2. The first-order valence-corrected chi connectivity index (χ1v) is 7.25. The number of ether oxygens (including phenoxy) is 2. The number of benzene rings is 1. The third kappa shape index (κ3) is 1.52. The maximum absolute atomic E-state index is 12.2. The van der Waals surface area contributed by atoms with E-state index in [4.69, 9.17) is 9.47 Å². The predicted octanol–water partition coefficient (Wildman–Crippen LogP) is 1.21. The summed E-state index contributed by atoms with van der Waals surface area (Å²) in [5, 5.41) is -0.681. The fourth-order valence-corrected chi connectivity index (χ4v) is 3.78. The van der Waals surface area contributed by atoms with E-state index in [1.807, 2.05) is 0 Å². The number of hydrogen-bond donors (Lipinski definition) is 0. The summed E-state index contributed by atoms with van der Waals surface area (Å²) in [4.78, 5) is 12.0. The first kappa shape index (κ1) is 11.5. The Balaban J connectivity index is 2.26. The Morgan fingerprint density at radius 2 is 1.78 bits per heavy atom. The molecule has 1 aromatic carbocycles. The first-order valence-electron chi connectivity index (χ1n) is 5.71. The Labute approximate surface area is 105 Å². The van der Waals surface area contributed by atoms with E-state index < -0.39 is 15.1 Å². The van der Waals surface area contributed by atoms with E-state index in [2.05, 4.69) is 0 Å². The van der Waals surface area contributed by atoms with Crippen LogP contribution in [0.5, 0.6) is 11.5 Å². The van der Waals surface area contributed by atoms with Crippen LogP contribution in [0.1, 0.15) is 23.7 Å². The summed E-state index contributed by atoms with van der Waals surface area (Å²) in [6, 6.07) is 2.89. The van der Waals surface area contributed by atoms with Crippen molar-refractivity contribution < 1.29 is 22.7 Å². The summed E-state index contributed by atoms with van der Waals surface area (Å²) in [5.74, 6) is 0.674. The normalized spacial score (nSPS) is 24.5. The van der Waals surface area contributed by atoms with Gasteiger partial charge in [0.2, 0.25) is 0 Å².